The van der Waals surface area contributed by atoms with E-state index >= 15 is 22.0 Å². The van der Waals surface area contributed by atoms with Crippen molar-refractivity contribution in [1.29, 1.82) is 0 Å². The summed E-state index contributed by atoms with van der Waals surface area (Å²) in [5, 5.41) is 0. The molecule has 9 heteroatoms. The second-order valence-electron chi connectivity index (χ2n) is 8.68. The topological polar surface area (TPSA) is 26.3 Å². The third kappa shape index (κ3) is 4.30. The molecule has 0 aromatic heterocycles. The number of benzene rings is 3. The number of allylic oxidation sites excluding steroid dienone is 1. The van der Waals surface area contributed by atoms with E-state index in [-0.39, 0.29) is 23.1 Å². The number of carbonyl (C=O) groups excluding carboxylic acids is 1. The number of hydrogen-bond acceptors (Lipinski definition) is 2. The van der Waals surface area contributed by atoms with Crippen LogP contribution in [0.3, 0.4) is 0 Å². The zero-order valence-electron chi connectivity index (χ0n) is 19.6. The predicted molar refractivity (Wildman–Crippen MR) is 123 cm³/mol. The summed E-state index contributed by atoms with van der Waals surface area (Å²) in [6, 6.07) is 7.27. The lowest BCUT2D eigenvalue weighted by Gasteiger charge is -2.35. The van der Waals surface area contributed by atoms with Gasteiger partial charge in [0.2, 0.25) is 0 Å². The van der Waals surface area contributed by atoms with Crippen LogP contribution in [0.4, 0.5) is 30.7 Å². The number of fused-ring (bicyclic) bond motifs is 3. The zero-order valence-corrected chi connectivity index (χ0v) is 19.6. The van der Waals surface area contributed by atoms with Gasteiger partial charge >= 0.3 is 17.8 Å². The second-order valence-corrected chi connectivity index (χ2v) is 8.68. The zero-order chi connectivity index (χ0) is 27.1. The highest BCUT2D eigenvalue weighted by Gasteiger charge is 2.65. The summed E-state index contributed by atoms with van der Waals surface area (Å²) in [7, 11) is 0. The third-order valence-electron chi connectivity index (χ3n) is 6.27. The van der Waals surface area contributed by atoms with Crippen LogP contribution in [0, 0.1) is 17.5 Å². The Balaban J connectivity index is 1.76. The third-order valence-corrected chi connectivity index (χ3v) is 6.27. The van der Waals surface area contributed by atoms with E-state index in [4.69, 9.17) is 4.74 Å². The lowest BCUT2D eigenvalue weighted by atomic mass is 9.79. The van der Waals surface area contributed by atoms with Crippen molar-refractivity contribution in [3.05, 3.63) is 100 Å². The van der Waals surface area contributed by atoms with E-state index in [1.165, 1.54) is 18.2 Å². The molecule has 0 fully saturated rings. The molecule has 0 atom stereocenters. The minimum absolute atomic E-state index is 0.0483. The second kappa shape index (κ2) is 9.68. The molecule has 37 heavy (non-hydrogen) atoms. The fraction of sp³-hybridized carbons (Fsp3) is 0.250. The normalized spacial score (nSPS) is 15.0. The summed E-state index contributed by atoms with van der Waals surface area (Å²) in [4.78, 5) is 12.5. The Kier molecular flexibility index (Phi) is 6.92. The molecule has 3 aromatic rings. The largest absolute Gasteiger partial charge is 0.420 e. The Morgan fingerprint density at radius 1 is 0.865 bits per heavy atom. The predicted octanol–water partition coefficient (Wildman–Crippen LogP) is 8.26. The first-order chi connectivity index (χ1) is 17.4. The van der Waals surface area contributed by atoms with Gasteiger partial charge in [-0.1, -0.05) is 37.6 Å². The van der Waals surface area contributed by atoms with Crippen molar-refractivity contribution >= 4 is 5.97 Å². The number of alkyl halides is 4. The van der Waals surface area contributed by atoms with E-state index in [2.05, 4.69) is 6.58 Å². The van der Waals surface area contributed by atoms with Crippen LogP contribution in [-0.2, 0) is 24.7 Å². The Hall–Kier alpha value is -3.62. The molecule has 0 N–H and O–H groups in total. The lowest BCUT2D eigenvalue weighted by molar-refractivity contribution is -0.227. The molecule has 1 aliphatic carbocycles. The smallest absolute Gasteiger partial charge is 0.343 e. The van der Waals surface area contributed by atoms with Crippen LogP contribution in [0.2, 0.25) is 0 Å². The van der Waals surface area contributed by atoms with E-state index in [0.717, 1.165) is 24.3 Å². The van der Waals surface area contributed by atoms with Crippen molar-refractivity contribution in [1.82, 2.24) is 0 Å². The van der Waals surface area contributed by atoms with Crippen molar-refractivity contribution < 1.29 is 40.3 Å². The van der Waals surface area contributed by atoms with Gasteiger partial charge in [-0.05, 0) is 65.8 Å². The molecule has 0 radical (unpaired) electrons. The minimum Gasteiger partial charge on any atom is -0.420 e. The van der Waals surface area contributed by atoms with Crippen LogP contribution in [0.1, 0.15) is 52.4 Å². The van der Waals surface area contributed by atoms with Crippen molar-refractivity contribution in [3.63, 3.8) is 0 Å². The monoisotopic (exact) mass is 522 g/mol. The van der Waals surface area contributed by atoms with Gasteiger partial charge in [0, 0.05) is 0 Å². The van der Waals surface area contributed by atoms with E-state index in [9.17, 15) is 13.6 Å². The van der Waals surface area contributed by atoms with Crippen LogP contribution in [-0.4, -0.2) is 5.97 Å². The van der Waals surface area contributed by atoms with Crippen molar-refractivity contribution in [3.8, 4) is 16.9 Å². The maximum Gasteiger partial charge on any atom is 0.343 e. The van der Waals surface area contributed by atoms with Gasteiger partial charge in [-0.3, -0.25) is 0 Å². The van der Waals surface area contributed by atoms with Crippen molar-refractivity contribution in [2.45, 2.75) is 44.5 Å². The van der Waals surface area contributed by atoms with E-state index in [0.29, 0.717) is 19.3 Å². The first kappa shape index (κ1) is 26.4. The lowest BCUT2D eigenvalue weighted by Crippen LogP contribution is -2.41. The molecule has 0 unspecified atom stereocenters. The fourth-order valence-electron chi connectivity index (χ4n) is 4.39. The van der Waals surface area contributed by atoms with Gasteiger partial charge in [0.1, 0.15) is 11.6 Å². The van der Waals surface area contributed by atoms with Gasteiger partial charge < -0.3 is 4.74 Å². The molecular weight excluding hydrogens is 501 g/mol. The molecule has 0 aliphatic heterocycles. The number of ether oxygens (including phenoxy) is 1. The molecule has 4 rings (SSSR count). The van der Waals surface area contributed by atoms with Gasteiger partial charge in [0.25, 0.3) is 0 Å². The molecule has 0 amide bonds. The van der Waals surface area contributed by atoms with Gasteiger partial charge in [-0.15, -0.1) is 6.58 Å². The van der Waals surface area contributed by atoms with E-state index < -0.39 is 63.3 Å². The van der Waals surface area contributed by atoms with Crippen molar-refractivity contribution in [2.75, 3.05) is 0 Å². The van der Waals surface area contributed by atoms with E-state index in [1.54, 1.807) is 13.0 Å². The average molecular weight is 522 g/mol. The van der Waals surface area contributed by atoms with Gasteiger partial charge in [-0.25, -0.2) is 18.0 Å². The van der Waals surface area contributed by atoms with Crippen LogP contribution in [0.15, 0.2) is 55.1 Å². The van der Waals surface area contributed by atoms with Gasteiger partial charge in [0.15, 0.2) is 11.6 Å². The number of aryl methyl sites for hydroxylation is 2. The average Bonchev–Trinajstić information content (AvgIpc) is 2.84. The van der Waals surface area contributed by atoms with Gasteiger partial charge in [-0.2, -0.15) is 17.6 Å². The Morgan fingerprint density at radius 2 is 1.46 bits per heavy atom. The summed E-state index contributed by atoms with van der Waals surface area (Å²) < 4.78 is 110. The van der Waals surface area contributed by atoms with E-state index in [1.807, 2.05) is 0 Å². The molecule has 1 aliphatic rings. The maximum atomic E-state index is 15.3. The standard InChI is InChI=1S/C28H21F7O2/c1-3-5-7-15-8-9-17(14-20(15)29)26(36)37-21-13-12-19-18-11-10-16(6-4-2)24(30)22(18)27(32,33)28(34,35)23(19)25(21)31/h3,8-14H,1,4-7H2,2H3. The van der Waals surface area contributed by atoms with Crippen LogP contribution in [0.25, 0.3) is 11.1 Å². The highest BCUT2D eigenvalue weighted by Crippen LogP contribution is 2.60. The fourth-order valence-corrected chi connectivity index (χ4v) is 4.39. The molecule has 0 saturated carbocycles. The molecule has 2 nitrogen and oxygen atoms in total. The Labute approximate surface area is 208 Å². The molecule has 0 bridgehead atoms. The number of halogens is 7. The summed E-state index contributed by atoms with van der Waals surface area (Å²) in [6.45, 7) is 5.20. The molecule has 0 heterocycles. The summed E-state index contributed by atoms with van der Waals surface area (Å²) in [5.41, 5.74) is -4.68. The minimum atomic E-state index is -5.16. The highest BCUT2D eigenvalue weighted by molar-refractivity contribution is 5.91. The molecular formula is C28H21F7O2. The molecule has 194 valence electrons. The molecule has 0 saturated heterocycles. The van der Waals surface area contributed by atoms with Crippen LogP contribution < -0.4 is 4.74 Å². The highest BCUT2D eigenvalue weighted by atomic mass is 19.3. The summed E-state index contributed by atoms with van der Waals surface area (Å²) in [5.74, 6) is -16.7. The number of esters is 1. The SMILES string of the molecule is C=CCCc1ccc(C(=O)Oc2ccc3c(c2F)C(F)(F)C(F)(F)c2c-3ccc(CCC)c2F)cc1F. The summed E-state index contributed by atoms with van der Waals surface area (Å²) in [6.07, 6.45) is 2.81. The first-order valence-electron chi connectivity index (χ1n) is 11.5. The van der Waals surface area contributed by atoms with Crippen LogP contribution in [0.5, 0.6) is 5.75 Å². The van der Waals surface area contributed by atoms with Crippen molar-refractivity contribution in [2.24, 2.45) is 0 Å². The maximum absolute atomic E-state index is 15.3. The molecule has 0 spiro atoms. The first-order valence-corrected chi connectivity index (χ1v) is 11.5. The Morgan fingerprint density at radius 3 is 2.05 bits per heavy atom. The van der Waals surface area contributed by atoms with Crippen LogP contribution >= 0.6 is 0 Å². The Bertz CT molecular complexity index is 1400. The number of carbonyl (C=O) groups is 1. The number of hydrogen-bond donors (Lipinski definition) is 0. The number of rotatable bonds is 7. The molecule has 3 aromatic carbocycles. The van der Waals surface area contributed by atoms with Gasteiger partial charge in [0.05, 0.1) is 16.7 Å². The summed E-state index contributed by atoms with van der Waals surface area (Å²) >= 11 is 0. The quantitative estimate of drug-likeness (QED) is 0.135.